The summed E-state index contributed by atoms with van der Waals surface area (Å²) in [7, 11) is 0. The minimum Gasteiger partial charge on any atom is -0.341 e. The summed E-state index contributed by atoms with van der Waals surface area (Å²) >= 11 is 6.15. The Hall–Kier alpha value is -2.51. The first-order chi connectivity index (χ1) is 18.9. The molecule has 40 heavy (non-hydrogen) atoms. The molecule has 0 unspecified atom stereocenters. The lowest BCUT2D eigenvalue weighted by atomic mass is 9.87. The van der Waals surface area contributed by atoms with Crippen molar-refractivity contribution in [1.29, 1.82) is 0 Å². The average Bonchev–Trinajstić information content (AvgIpc) is 3.47. The van der Waals surface area contributed by atoms with Gasteiger partial charge in [-0.2, -0.15) is 0 Å². The first kappa shape index (κ1) is 29.0. The molecule has 2 amide bonds. The van der Waals surface area contributed by atoms with Crippen molar-refractivity contribution in [3.63, 3.8) is 0 Å². The highest BCUT2D eigenvalue weighted by Gasteiger charge is 2.49. The third-order valence-corrected chi connectivity index (χ3v) is 9.44. The summed E-state index contributed by atoms with van der Waals surface area (Å²) in [5.74, 6) is -1.92. The van der Waals surface area contributed by atoms with Crippen molar-refractivity contribution in [3.05, 3.63) is 70.2 Å². The standard InChI is InChI=1S/C32H40ClF2N3O2/c1-31(2,3)37-19-25(24-12-11-23(34)18-27(24)35)26(20-37)29(39)36-15-5-6-28(21-7-9-22(33)10-8-21)38(17-16-36)30(40)32(4)13-14-32/h7-12,18,25-26,28H,5-6,13-17,19-20H2,1-4H3/t25-,26+,28-/m0/s1. The van der Waals surface area contributed by atoms with Gasteiger partial charge in [-0.25, -0.2) is 8.78 Å². The van der Waals surface area contributed by atoms with Crippen LogP contribution in [0, 0.1) is 23.0 Å². The van der Waals surface area contributed by atoms with E-state index in [1.54, 1.807) is 0 Å². The molecule has 5 rings (SSSR count). The highest BCUT2D eigenvalue weighted by Crippen LogP contribution is 2.48. The van der Waals surface area contributed by atoms with E-state index in [1.165, 1.54) is 12.1 Å². The van der Waals surface area contributed by atoms with Crippen molar-refractivity contribution in [2.45, 2.75) is 70.9 Å². The molecule has 2 saturated heterocycles. The molecule has 1 saturated carbocycles. The smallest absolute Gasteiger partial charge is 0.229 e. The van der Waals surface area contributed by atoms with Crippen LogP contribution < -0.4 is 0 Å². The Morgan fingerprint density at radius 2 is 1.68 bits per heavy atom. The number of carbonyl (C=O) groups excluding carboxylic acids is 2. The van der Waals surface area contributed by atoms with Gasteiger partial charge in [0.05, 0.1) is 12.0 Å². The van der Waals surface area contributed by atoms with Crippen LogP contribution in [0.5, 0.6) is 0 Å². The second-order valence-corrected chi connectivity index (χ2v) is 13.5. The molecule has 3 fully saturated rings. The van der Waals surface area contributed by atoms with Crippen LogP contribution in [-0.4, -0.2) is 64.8 Å². The number of rotatable bonds is 4. The van der Waals surface area contributed by atoms with Crippen molar-refractivity contribution in [3.8, 4) is 0 Å². The number of halogens is 3. The molecule has 216 valence electrons. The molecular formula is C32H40ClF2N3O2. The molecule has 2 aromatic rings. The molecule has 0 aromatic heterocycles. The maximum absolute atomic E-state index is 15.0. The fraction of sp³-hybridized carbons (Fsp3) is 0.562. The van der Waals surface area contributed by atoms with Crippen LogP contribution in [-0.2, 0) is 9.59 Å². The van der Waals surface area contributed by atoms with E-state index >= 15 is 0 Å². The van der Waals surface area contributed by atoms with E-state index in [0.717, 1.165) is 37.3 Å². The normalized spacial score (nSPS) is 25.4. The zero-order valence-corrected chi connectivity index (χ0v) is 24.7. The highest BCUT2D eigenvalue weighted by atomic mass is 35.5. The first-order valence-corrected chi connectivity index (χ1v) is 14.8. The Kier molecular flexibility index (Phi) is 8.01. The van der Waals surface area contributed by atoms with Crippen LogP contribution in [0.3, 0.4) is 0 Å². The molecule has 2 aromatic carbocycles. The van der Waals surface area contributed by atoms with Gasteiger partial charge >= 0.3 is 0 Å². The maximum atomic E-state index is 15.0. The van der Waals surface area contributed by atoms with Gasteiger partial charge in [0.2, 0.25) is 11.8 Å². The number of amides is 2. The molecule has 2 aliphatic heterocycles. The topological polar surface area (TPSA) is 43.9 Å². The van der Waals surface area contributed by atoms with Gasteiger partial charge in [-0.3, -0.25) is 14.5 Å². The highest BCUT2D eigenvalue weighted by molar-refractivity contribution is 6.30. The molecule has 0 spiro atoms. The summed E-state index contributed by atoms with van der Waals surface area (Å²) in [6, 6.07) is 11.3. The molecule has 3 aliphatic rings. The molecule has 8 heteroatoms. The van der Waals surface area contributed by atoms with Gasteiger partial charge in [-0.1, -0.05) is 36.7 Å². The Morgan fingerprint density at radius 3 is 2.30 bits per heavy atom. The largest absolute Gasteiger partial charge is 0.341 e. The van der Waals surface area contributed by atoms with Gasteiger partial charge in [0.15, 0.2) is 0 Å². The molecule has 3 atom stereocenters. The number of hydrogen-bond donors (Lipinski definition) is 0. The van der Waals surface area contributed by atoms with Gasteiger partial charge in [-0.15, -0.1) is 0 Å². The molecular weight excluding hydrogens is 532 g/mol. The lowest BCUT2D eigenvalue weighted by Gasteiger charge is -2.39. The Labute approximate surface area is 241 Å². The summed E-state index contributed by atoms with van der Waals surface area (Å²) in [6.07, 6.45) is 3.24. The monoisotopic (exact) mass is 571 g/mol. The summed E-state index contributed by atoms with van der Waals surface area (Å²) in [5.41, 5.74) is 0.919. The first-order valence-electron chi connectivity index (χ1n) is 14.4. The van der Waals surface area contributed by atoms with Crippen molar-refractivity contribution < 1.29 is 18.4 Å². The van der Waals surface area contributed by atoms with Crippen LogP contribution in [0.1, 0.15) is 76.5 Å². The zero-order valence-electron chi connectivity index (χ0n) is 23.9. The van der Waals surface area contributed by atoms with Gasteiger partial charge in [-0.05, 0) is 75.8 Å². The summed E-state index contributed by atoms with van der Waals surface area (Å²) in [6.45, 7) is 10.8. The Bertz CT molecular complexity index is 1260. The van der Waals surface area contributed by atoms with Gasteiger partial charge in [0.1, 0.15) is 11.6 Å². The SMILES string of the molecule is CC1(C(=O)N2CCN(C(=O)[C@@H]3CN(C(C)(C)C)C[C@H]3c3ccc(F)cc3F)CCC[C@H]2c2ccc(Cl)cc2)CC1. The van der Waals surface area contributed by atoms with E-state index in [4.69, 9.17) is 11.6 Å². The van der Waals surface area contributed by atoms with Crippen LogP contribution >= 0.6 is 11.6 Å². The average molecular weight is 572 g/mol. The van der Waals surface area contributed by atoms with E-state index in [1.807, 2.05) is 41.0 Å². The zero-order chi connectivity index (χ0) is 28.8. The van der Waals surface area contributed by atoms with Crippen molar-refractivity contribution in [1.82, 2.24) is 14.7 Å². The third kappa shape index (κ3) is 5.91. The number of benzene rings is 2. The van der Waals surface area contributed by atoms with Crippen LogP contribution in [0.4, 0.5) is 8.78 Å². The molecule has 1 aliphatic carbocycles. The van der Waals surface area contributed by atoms with Gasteiger partial charge in [0.25, 0.3) is 0 Å². The third-order valence-electron chi connectivity index (χ3n) is 9.18. The van der Waals surface area contributed by atoms with E-state index < -0.39 is 17.6 Å². The fourth-order valence-corrected chi connectivity index (χ4v) is 6.45. The van der Waals surface area contributed by atoms with Crippen molar-refractivity contribution in [2.75, 3.05) is 32.7 Å². The number of carbonyl (C=O) groups is 2. The quantitative estimate of drug-likeness (QED) is 0.425. The summed E-state index contributed by atoms with van der Waals surface area (Å²) in [5, 5.41) is 0.659. The lowest BCUT2D eigenvalue weighted by Crippen LogP contribution is -2.49. The van der Waals surface area contributed by atoms with Gasteiger partial charge < -0.3 is 9.80 Å². The molecule has 0 N–H and O–H groups in total. The lowest BCUT2D eigenvalue weighted by molar-refractivity contribution is -0.143. The Balaban J connectivity index is 1.39. The van der Waals surface area contributed by atoms with Crippen LogP contribution in [0.15, 0.2) is 42.5 Å². The fourth-order valence-electron chi connectivity index (χ4n) is 6.32. The summed E-state index contributed by atoms with van der Waals surface area (Å²) in [4.78, 5) is 33.9. The second-order valence-electron chi connectivity index (χ2n) is 13.0. The van der Waals surface area contributed by atoms with Crippen LogP contribution in [0.25, 0.3) is 0 Å². The van der Waals surface area contributed by atoms with E-state index in [2.05, 4.69) is 25.7 Å². The maximum Gasteiger partial charge on any atom is 0.229 e. The number of nitrogens with zero attached hydrogens (tertiary/aromatic N) is 3. The number of likely N-dealkylation sites (tertiary alicyclic amines) is 1. The van der Waals surface area contributed by atoms with Crippen LogP contribution in [0.2, 0.25) is 5.02 Å². The predicted molar refractivity (Wildman–Crippen MR) is 153 cm³/mol. The van der Waals surface area contributed by atoms with E-state index in [-0.39, 0.29) is 34.7 Å². The van der Waals surface area contributed by atoms with Crippen molar-refractivity contribution in [2.24, 2.45) is 11.3 Å². The molecule has 0 radical (unpaired) electrons. The summed E-state index contributed by atoms with van der Waals surface area (Å²) < 4.78 is 28.7. The second kappa shape index (κ2) is 11.1. The van der Waals surface area contributed by atoms with E-state index in [0.29, 0.717) is 43.3 Å². The van der Waals surface area contributed by atoms with E-state index in [9.17, 15) is 18.4 Å². The Morgan fingerprint density at radius 1 is 0.975 bits per heavy atom. The predicted octanol–water partition coefficient (Wildman–Crippen LogP) is 6.42. The van der Waals surface area contributed by atoms with Crippen molar-refractivity contribution >= 4 is 23.4 Å². The minimum absolute atomic E-state index is 0.0181. The minimum atomic E-state index is -0.622. The number of hydrogen-bond acceptors (Lipinski definition) is 3. The molecule has 2 heterocycles. The molecule has 5 nitrogen and oxygen atoms in total. The molecule has 0 bridgehead atoms. The van der Waals surface area contributed by atoms with Gasteiger partial charge in [0, 0.05) is 60.7 Å².